The Morgan fingerprint density at radius 1 is 1.25 bits per heavy atom. The van der Waals surface area contributed by atoms with Crippen molar-refractivity contribution in [3.8, 4) is 5.88 Å². The van der Waals surface area contributed by atoms with Crippen LogP contribution in [0.5, 0.6) is 5.88 Å². The Bertz CT molecular complexity index is 713. The molecule has 0 bridgehead atoms. The van der Waals surface area contributed by atoms with Gasteiger partial charge < -0.3 is 9.64 Å². The quantitative estimate of drug-likeness (QED) is 0.692. The molecule has 1 fully saturated rings. The van der Waals surface area contributed by atoms with Gasteiger partial charge in [0.15, 0.2) is 0 Å². The number of likely N-dealkylation sites (tertiary alicyclic amines) is 1. The molecular formula is C18H20IN3O2. The third-order valence-corrected chi connectivity index (χ3v) is 4.71. The van der Waals surface area contributed by atoms with Crippen LogP contribution in [0.25, 0.3) is 0 Å². The van der Waals surface area contributed by atoms with Gasteiger partial charge in [0, 0.05) is 27.4 Å². The normalized spacial score (nSPS) is 17.6. The largest absolute Gasteiger partial charge is 0.472 e. The molecule has 0 saturated carbocycles. The van der Waals surface area contributed by atoms with Crippen molar-refractivity contribution in [2.45, 2.75) is 32.8 Å². The van der Waals surface area contributed by atoms with E-state index < -0.39 is 0 Å². The van der Waals surface area contributed by atoms with Gasteiger partial charge in [0.25, 0.3) is 5.91 Å². The molecule has 1 aromatic carbocycles. The fourth-order valence-corrected chi connectivity index (χ4v) is 3.27. The second-order valence-electron chi connectivity index (χ2n) is 6.03. The minimum absolute atomic E-state index is 0.0275. The molecule has 24 heavy (non-hydrogen) atoms. The van der Waals surface area contributed by atoms with Gasteiger partial charge >= 0.3 is 0 Å². The van der Waals surface area contributed by atoms with E-state index in [4.69, 9.17) is 4.74 Å². The number of aryl methyl sites for hydroxylation is 2. The summed E-state index contributed by atoms with van der Waals surface area (Å²) in [6.07, 6.45) is 1.84. The lowest BCUT2D eigenvalue weighted by Crippen LogP contribution is -2.44. The Morgan fingerprint density at radius 2 is 2.00 bits per heavy atom. The number of hydrogen-bond acceptors (Lipinski definition) is 4. The minimum atomic E-state index is -0.0275. The Kier molecular flexibility index (Phi) is 5.33. The molecule has 1 aliphatic rings. The van der Waals surface area contributed by atoms with Gasteiger partial charge in [0.2, 0.25) is 5.88 Å². The average Bonchev–Trinajstić information content (AvgIpc) is 2.54. The summed E-state index contributed by atoms with van der Waals surface area (Å²) in [5.41, 5.74) is 1.62. The molecule has 0 spiro atoms. The summed E-state index contributed by atoms with van der Waals surface area (Å²) in [5, 5.41) is 0. The number of benzene rings is 1. The minimum Gasteiger partial charge on any atom is -0.472 e. The number of carbonyl (C=O) groups excluding carboxylic acids is 1. The maximum atomic E-state index is 12.7. The Balaban J connectivity index is 1.67. The number of aromatic nitrogens is 2. The molecule has 126 valence electrons. The van der Waals surface area contributed by atoms with Crippen molar-refractivity contribution in [1.29, 1.82) is 0 Å². The van der Waals surface area contributed by atoms with E-state index in [0.29, 0.717) is 18.2 Å². The van der Waals surface area contributed by atoms with E-state index in [1.165, 1.54) is 0 Å². The summed E-state index contributed by atoms with van der Waals surface area (Å²) in [5.74, 6) is 1.36. The first kappa shape index (κ1) is 17.1. The van der Waals surface area contributed by atoms with E-state index in [1.54, 1.807) is 0 Å². The number of nitrogens with zero attached hydrogens (tertiary/aromatic N) is 3. The van der Waals surface area contributed by atoms with Crippen molar-refractivity contribution in [2.75, 3.05) is 13.1 Å². The van der Waals surface area contributed by atoms with Crippen LogP contribution in [-0.2, 0) is 0 Å². The Morgan fingerprint density at radius 3 is 2.71 bits per heavy atom. The molecule has 6 heteroatoms. The van der Waals surface area contributed by atoms with Crippen molar-refractivity contribution in [1.82, 2.24) is 14.9 Å². The predicted molar refractivity (Wildman–Crippen MR) is 100 cm³/mol. The first-order valence-electron chi connectivity index (χ1n) is 8.05. The fraction of sp³-hybridized carbons (Fsp3) is 0.389. The number of carbonyl (C=O) groups is 1. The lowest BCUT2D eigenvalue weighted by Gasteiger charge is -2.32. The van der Waals surface area contributed by atoms with Crippen molar-refractivity contribution >= 4 is 28.5 Å². The summed E-state index contributed by atoms with van der Waals surface area (Å²) in [6.45, 7) is 5.14. The highest BCUT2D eigenvalue weighted by Crippen LogP contribution is 2.19. The van der Waals surface area contributed by atoms with Crippen molar-refractivity contribution < 1.29 is 9.53 Å². The van der Waals surface area contributed by atoms with E-state index in [1.807, 2.05) is 49.1 Å². The topological polar surface area (TPSA) is 55.3 Å². The van der Waals surface area contributed by atoms with Gasteiger partial charge in [0.05, 0.1) is 6.54 Å². The van der Waals surface area contributed by atoms with Crippen molar-refractivity contribution in [2.24, 2.45) is 0 Å². The van der Waals surface area contributed by atoms with Crippen LogP contribution < -0.4 is 4.74 Å². The molecule has 1 aromatic heterocycles. The molecule has 3 rings (SSSR count). The van der Waals surface area contributed by atoms with Crippen molar-refractivity contribution in [3.63, 3.8) is 0 Å². The third kappa shape index (κ3) is 4.23. The zero-order chi connectivity index (χ0) is 17.1. The second kappa shape index (κ2) is 7.46. The molecule has 2 heterocycles. The summed E-state index contributed by atoms with van der Waals surface area (Å²) >= 11 is 2.24. The monoisotopic (exact) mass is 437 g/mol. The summed E-state index contributed by atoms with van der Waals surface area (Å²) in [6, 6.07) is 9.51. The lowest BCUT2D eigenvalue weighted by molar-refractivity contribution is 0.0527. The van der Waals surface area contributed by atoms with Crippen LogP contribution in [0.2, 0.25) is 0 Å². The maximum absolute atomic E-state index is 12.7. The van der Waals surface area contributed by atoms with Crippen LogP contribution >= 0.6 is 22.6 Å². The van der Waals surface area contributed by atoms with Gasteiger partial charge in [-0.25, -0.2) is 4.98 Å². The lowest BCUT2D eigenvalue weighted by atomic mass is 10.1. The number of ether oxygens (including phenoxy) is 1. The number of hydrogen-bond donors (Lipinski definition) is 0. The number of halogens is 1. The maximum Gasteiger partial charge on any atom is 0.253 e. The average molecular weight is 437 g/mol. The standard InChI is InChI=1S/C18H20IN3O2/c1-12-10-17(21-13(2)20-12)24-16-4-3-9-22(11-16)18(23)14-5-7-15(19)8-6-14/h5-8,10,16H,3-4,9,11H2,1-2H3. The zero-order valence-electron chi connectivity index (χ0n) is 13.8. The van der Waals surface area contributed by atoms with Crippen LogP contribution in [0, 0.1) is 17.4 Å². The molecule has 0 aliphatic carbocycles. The smallest absolute Gasteiger partial charge is 0.253 e. The second-order valence-corrected chi connectivity index (χ2v) is 7.28. The first-order valence-corrected chi connectivity index (χ1v) is 9.13. The van der Waals surface area contributed by atoms with Crippen LogP contribution in [-0.4, -0.2) is 40.0 Å². The molecule has 2 aromatic rings. The first-order chi connectivity index (χ1) is 11.5. The molecule has 5 nitrogen and oxygen atoms in total. The molecule has 1 atom stereocenters. The number of piperidine rings is 1. The SMILES string of the molecule is Cc1cc(OC2CCCN(C(=O)c3ccc(I)cc3)C2)nc(C)n1. The molecule has 1 aliphatic heterocycles. The highest BCUT2D eigenvalue weighted by molar-refractivity contribution is 14.1. The van der Waals surface area contributed by atoms with Crippen LogP contribution in [0.1, 0.15) is 34.7 Å². The number of rotatable bonds is 3. The highest BCUT2D eigenvalue weighted by atomic mass is 127. The molecule has 0 radical (unpaired) electrons. The summed E-state index contributed by atoms with van der Waals surface area (Å²) in [7, 11) is 0. The number of amides is 1. The molecule has 1 amide bonds. The Hall–Kier alpha value is -1.70. The molecule has 1 saturated heterocycles. The molecule has 0 N–H and O–H groups in total. The van der Waals surface area contributed by atoms with Gasteiger partial charge in [0.1, 0.15) is 11.9 Å². The van der Waals surface area contributed by atoms with Crippen LogP contribution in [0.3, 0.4) is 0 Å². The predicted octanol–water partition coefficient (Wildman–Crippen LogP) is 3.38. The van der Waals surface area contributed by atoms with E-state index in [-0.39, 0.29) is 12.0 Å². The summed E-state index contributed by atoms with van der Waals surface area (Å²) < 4.78 is 7.13. The van der Waals surface area contributed by atoms with E-state index in [9.17, 15) is 4.79 Å². The van der Waals surface area contributed by atoms with Gasteiger partial charge in [-0.3, -0.25) is 4.79 Å². The van der Waals surface area contributed by atoms with Gasteiger partial charge in [-0.1, -0.05) is 0 Å². The van der Waals surface area contributed by atoms with E-state index >= 15 is 0 Å². The molecule has 1 unspecified atom stereocenters. The van der Waals surface area contributed by atoms with Crippen LogP contribution in [0.15, 0.2) is 30.3 Å². The van der Waals surface area contributed by atoms with E-state index in [2.05, 4.69) is 32.6 Å². The van der Waals surface area contributed by atoms with Gasteiger partial charge in [-0.15, -0.1) is 0 Å². The highest BCUT2D eigenvalue weighted by Gasteiger charge is 2.26. The fourth-order valence-electron chi connectivity index (χ4n) is 2.91. The Labute approximate surface area is 155 Å². The third-order valence-electron chi connectivity index (χ3n) is 3.99. The van der Waals surface area contributed by atoms with Crippen LogP contribution in [0.4, 0.5) is 0 Å². The van der Waals surface area contributed by atoms with Gasteiger partial charge in [-0.05, 0) is 73.5 Å². The summed E-state index contributed by atoms with van der Waals surface area (Å²) in [4.78, 5) is 23.1. The van der Waals surface area contributed by atoms with E-state index in [0.717, 1.165) is 34.2 Å². The molecular weight excluding hydrogens is 417 g/mol. The van der Waals surface area contributed by atoms with Gasteiger partial charge in [-0.2, -0.15) is 4.98 Å². The van der Waals surface area contributed by atoms with Crippen molar-refractivity contribution in [3.05, 3.63) is 51.0 Å². The zero-order valence-corrected chi connectivity index (χ0v) is 16.0.